The fraction of sp³-hybridized carbons (Fsp3) is 0.312. The number of hydrogen-bond donors (Lipinski definition) is 2. The number of amides is 1. The zero-order valence-electron chi connectivity index (χ0n) is 13.6. The number of aryl methyl sites for hydroxylation is 1. The van der Waals surface area contributed by atoms with E-state index in [1.165, 1.54) is 10.6 Å². The van der Waals surface area contributed by atoms with Gasteiger partial charge in [-0.3, -0.25) is 4.79 Å². The molecule has 2 unspecified atom stereocenters. The van der Waals surface area contributed by atoms with Crippen molar-refractivity contribution in [1.29, 1.82) is 0 Å². The summed E-state index contributed by atoms with van der Waals surface area (Å²) in [6, 6.07) is 3.08. The number of hydrogen-bond acceptors (Lipinski definition) is 3. The second kappa shape index (κ2) is 6.93. The predicted molar refractivity (Wildman–Crippen MR) is 88.8 cm³/mol. The predicted octanol–water partition coefficient (Wildman–Crippen LogP) is 2.34. The van der Waals surface area contributed by atoms with Gasteiger partial charge in [-0.2, -0.15) is 0 Å². The number of aromatic nitrogens is 1. The summed E-state index contributed by atoms with van der Waals surface area (Å²) in [6.45, 7) is 2.25. The lowest BCUT2D eigenvalue weighted by Gasteiger charge is -2.18. The number of nitrogens with one attached hydrogen (secondary N) is 2. The molecule has 0 saturated heterocycles. The van der Waals surface area contributed by atoms with Gasteiger partial charge in [-0.05, 0) is 25.5 Å². The van der Waals surface area contributed by atoms with E-state index in [0.29, 0.717) is 17.9 Å². The highest BCUT2D eigenvalue weighted by Gasteiger charge is 2.27. The highest BCUT2D eigenvalue weighted by molar-refractivity contribution is 7.83. The molecular formula is C16H17F2N3O3S. The van der Waals surface area contributed by atoms with E-state index in [1.807, 2.05) is 6.92 Å². The molecule has 2 heterocycles. The number of anilines is 1. The van der Waals surface area contributed by atoms with Crippen LogP contribution in [0.15, 0.2) is 29.3 Å². The number of fused-ring (bicyclic) bond motifs is 1. The average molecular weight is 369 g/mol. The molecule has 1 aliphatic heterocycles. The molecule has 6 nitrogen and oxygen atoms in total. The molecule has 1 aliphatic rings. The summed E-state index contributed by atoms with van der Waals surface area (Å²) in [5.41, 5.74) is 0.266. The third kappa shape index (κ3) is 3.57. The molecule has 1 aromatic heterocycles. The van der Waals surface area contributed by atoms with Crippen LogP contribution in [0, 0.1) is 11.6 Å². The first kappa shape index (κ1) is 17.6. The molecule has 2 aromatic rings. The first-order valence-corrected chi connectivity index (χ1v) is 8.78. The summed E-state index contributed by atoms with van der Waals surface area (Å²) < 4.78 is 48.8. The van der Waals surface area contributed by atoms with Crippen molar-refractivity contribution in [2.75, 3.05) is 11.9 Å². The van der Waals surface area contributed by atoms with Crippen LogP contribution in [0.4, 0.5) is 14.5 Å². The maximum atomic E-state index is 13.3. The molecule has 2 N–H and O–H groups in total. The molecule has 0 aliphatic carbocycles. The quantitative estimate of drug-likeness (QED) is 0.854. The maximum Gasteiger partial charge on any atom is 0.276 e. The zero-order valence-corrected chi connectivity index (χ0v) is 14.5. The van der Waals surface area contributed by atoms with Crippen molar-refractivity contribution >= 4 is 22.6 Å². The first-order valence-electron chi connectivity index (χ1n) is 7.63. The number of rotatable bonds is 2. The molecule has 1 amide bonds. The minimum Gasteiger partial charge on any atom is -0.490 e. The molecule has 0 fully saturated rings. The molecule has 0 saturated carbocycles. The Kier molecular flexibility index (Phi) is 4.87. The monoisotopic (exact) mass is 369 g/mol. The fourth-order valence-corrected chi connectivity index (χ4v) is 3.71. The van der Waals surface area contributed by atoms with E-state index in [2.05, 4.69) is 10.0 Å². The van der Waals surface area contributed by atoms with Crippen molar-refractivity contribution in [1.82, 2.24) is 9.29 Å². The van der Waals surface area contributed by atoms with Crippen LogP contribution < -0.4 is 14.8 Å². The van der Waals surface area contributed by atoms with Gasteiger partial charge < -0.3 is 14.6 Å². The van der Waals surface area contributed by atoms with Gasteiger partial charge in [0.2, 0.25) is 0 Å². The van der Waals surface area contributed by atoms with Crippen molar-refractivity contribution in [2.45, 2.75) is 24.3 Å². The van der Waals surface area contributed by atoms with E-state index in [4.69, 9.17) is 4.74 Å². The van der Waals surface area contributed by atoms with E-state index >= 15 is 0 Å². The summed E-state index contributed by atoms with van der Waals surface area (Å²) in [4.78, 5) is 13.0. The molecule has 134 valence electrons. The Bertz CT molecular complexity index is 853. The number of ether oxygens (including phenoxy) is 1. The van der Waals surface area contributed by atoms with Crippen LogP contribution in [0.3, 0.4) is 0 Å². The number of carbonyl (C=O) groups excluding carboxylic acids is 1. The van der Waals surface area contributed by atoms with Crippen molar-refractivity contribution in [3.63, 3.8) is 0 Å². The Morgan fingerprint density at radius 2 is 2.16 bits per heavy atom. The Morgan fingerprint density at radius 1 is 1.40 bits per heavy atom. The van der Waals surface area contributed by atoms with Gasteiger partial charge in [0.1, 0.15) is 15.9 Å². The fourth-order valence-electron chi connectivity index (χ4n) is 2.52. The molecule has 25 heavy (non-hydrogen) atoms. The Balaban J connectivity index is 1.93. The molecular weight excluding hydrogens is 352 g/mol. The van der Waals surface area contributed by atoms with Crippen molar-refractivity contribution in [2.24, 2.45) is 7.05 Å². The highest BCUT2D eigenvalue weighted by Crippen LogP contribution is 2.31. The van der Waals surface area contributed by atoms with Gasteiger partial charge in [-0.15, -0.1) is 0 Å². The first-order chi connectivity index (χ1) is 11.9. The molecule has 9 heteroatoms. The molecule has 1 aromatic carbocycles. The van der Waals surface area contributed by atoms with E-state index in [1.54, 1.807) is 13.2 Å². The molecule has 0 radical (unpaired) electrons. The van der Waals surface area contributed by atoms with Gasteiger partial charge in [-0.1, -0.05) is 0 Å². The third-order valence-corrected chi connectivity index (χ3v) is 5.11. The van der Waals surface area contributed by atoms with Gasteiger partial charge in [0.05, 0.1) is 6.61 Å². The van der Waals surface area contributed by atoms with Crippen molar-refractivity contribution < 1.29 is 22.5 Å². The van der Waals surface area contributed by atoms with Gasteiger partial charge >= 0.3 is 0 Å². The standard InChI is InChI=1S/C16H17F2N3O3S/c1-9-5-6-24-15-13(25(23)20-9)8-21(2)14(15)16(22)19-10-3-4-11(17)12(18)7-10/h3-4,7-9,20H,5-6H2,1-2H3,(H,19,22). The second-order valence-electron chi connectivity index (χ2n) is 5.79. The Morgan fingerprint density at radius 3 is 2.88 bits per heavy atom. The van der Waals surface area contributed by atoms with E-state index < -0.39 is 28.5 Å². The second-order valence-corrected chi connectivity index (χ2v) is 7.00. The number of nitrogens with zero attached hydrogens (tertiary/aromatic N) is 1. The van der Waals surface area contributed by atoms with Gasteiger partial charge in [-0.25, -0.2) is 17.7 Å². The lowest BCUT2D eigenvalue weighted by atomic mass is 10.2. The lowest BCUT2D eigenvalue weighted by molar-refractivity contribution is 0.101. The van der Waals surface area contributed by atoms with Crippen LogP contribution in [0.5, 0.6) is 5.75 Å². The van der Waals surface area contributed by atoms with Crippen LogP contribution in [-0.2, 0) is 18.0 Å². The summed E-state index contributed by atoms with van der Waals surface area (Å²) in [6.07, 6.45) is 2.18. The van der Waals surface area contributed by atoms with E-state index in [-0.39, 0.29) is 23.2 Å². The minimum absolute atomic E-state index is 0.00802. The number of halogens is 2. The van der Waals surface area contributed by atoms with E-state index in [9.17, 15) is 17.8 Å². The van der Waals surface area contributed by atoms with Gasteiger partial charge in [0.25, 0.3) is 5.91 Å². The van der Waals surface area contributed by atoms with Crippen LogP contribution in [0.25, 0.3) is 0 Å². The molecule has 3 rings (SSSR count). The number of benzene rings is 1. The zero-order chi connectivity index (χ0) is 18.1. The average Bonchev–Trinajstić information content (AvgIpc) is 2.86. The molecule has 0 bridgehead atoms. The lowest BCUT2D eigenvalue weighted by Crippen LogP contribution is -2.31. The minimum atomic E-state index is -1.52. The van der Waals surface area contributed by atoms with Gasteiger partial charge in [0, 0.05) is 31.0 Å². The summed E-state index contributed by atoms with van der Waals surface area (Å²) >= 11 is 0. The topological polar surface area (TPSA) is 72.4 Å². The molecule has 0 spiro atoms. The van der Waals surface area contributed by atoms with Crippen molar-refractivity contribution in [3.05, 3.63) is 41.7 Å². The van der Waals surface area contributed by atoms with E-state index in [0.717, 1.165) is 12.1 Å². The largest absolute Gasteiger partial charge is 0.490 e. The van der Waals surface area contributed by atoms with Crippen molar-refractivity contribution in [3.8, 4) is 5.75 Å². The third-order valence-electron chi connectivity index (χ3n) is 3.80. The van der Waals surface area contributed by atoms with Crippen LogP contribution in [0.2, 0.25) is 0 Å². The smallest absolute Gasteiger partial charge is 0.276 e. The van der Waals surface area contributed by atoms with Crippen LogP contribution in [0.1, 0.15) is 23.8 Å². The summed E-state index contributed by atoms with van der Waals surface area (Å²) in [7, 11) is 0.102. The highest BCUT2D eigenvalue weighted by atomic mass is 32.2. The van der Waals surface area contributed by atoms with Crippen LogP contribution in [-0.4, -0.2) is 27.3 Å². The molecule has 2 atom stereocenters. The Hall–Kier alpha value is -2.26. The van der Waals surface area contributed by atoms with Crippen LogP contribution >= 0.6 is 0 Å². The Labute approximate surface area is 145 Å². The SMILES string of the molecule is CC1CCOc2c(cn(C)c2C(=O)Nc2ccc(F)c(F)c2)S(=O)N1. The summed E-state index contributed by atoms with van der Waals surface area (Å²) in [5.74, 6) is -2.41. The number of carbonyl (C=O) groups is 1. The summed E-state index contributed by atoms with van der Waals surface area (Å²) in [5, 5.41) is 2.50. The normalized spacial score (nSPS) is 20.2. The maximum absolute atomic E-state index is 13.3. The van der Waals surface area contributed by atoms with Gasteiger partial charge in [0.15, 0.2) is 23.1 Å².